The van der Waals surface area contributed by atoms with Crippen LogP contribution in [-0.4, -0.2) is 10.6 Å². The van der Waals surface area contributed by atoms with Crippen molar-refractivity contribution in [2.45, 2.75) is 58.0 Å². The largest absolute Gasteiger partial charge is 0.507 e. The summed E-state index contributed by atoms with van der Waals surface area (Å²) in [7, 11) is 0.423. The lowest BCUT2D eigenvalue weighted by atomic mass is 9.87. The highest BCUT2D eigenvalue weighted by molar-refractivity contribution is 7.55. The summed E-state index contributed by atoms with van der Waals surface area (Å²) in [4.78, 5) is 0. The maximum absolute atomic E-state index is 11.4. The highest BCUT2D eigenvalue weighted by atomic mass is 31.1. The molecule has 2 aliphatic rings. The fraction of sp³-hybridized carbons (Fsp3) is 0.333. The Balaban J connectivity index is 1.66. The SMILES string of the molecule is CC(C)(C)NCc1ccccc1Pc1cc(CC2C=CC=CC2)cc(C2C=CC=CC2)c1O. The van der Waals surface area contributed by atoms with Crippen molar-refractivity contribution in [1.29, 1.82) is 0 Å². The molecule has 0 saturated heterocycles. The molecule has 0 aliphatic heterocycles. The molecule has 0 fully saturated rings. The zero-order valence-corrected chi connectivity index (χ0v) is 21.0. The van der Waals surface area contributed by atoms with E-state index in [1.807, 2.05) is 0 Å². The number of phenols is 1. The molecule has 0 saturated carbocycles. The summed E-state index contributed by atoms with van der Waals surface area (Å²) in [5.41, 5.74) is 3.76. The second-order valence-corrected chi connectivity index (χ2v) is 11.5. The molecule has 3 atom stereocenters. The zero-order chi connectivity index (χ0) is 23.3. The zero-order valence-electron chi connectivity index (χ0n) is 20.0. The minimum atomic E-state index is 0.0637. The van der Waals surface area contributed by atoms with Crippen LogP contribution < -0.4 is 15.9 Å². The van der Waals surface area contributed by atoms with E-state index in [0.717, 1.165) is 36.7 Å². The summed E-state index contributed by atoms with van der Waals surface area (Å²) >= 11 is 0. The first-order valence-electron chi connectivity index (χ1n) is 12.0. The van der Waals surface area contributed by atoms with Gasteiger partial charge in [-0.05, 0) is 68.4 Å². The lowest BCUT2D eigenvalue weighted by Gasteiger charge is -2.23. The summed E-state index contributed by atoms with van der Waals surface area (Å²) in [6, 6.07) is 13.1. The van der Waals surface area contributed by atoms with E-state index in [1.165, 1.54) is 16.4 Å². The summed E-state index contributed by atoms with van der Waals surface area (Å²) in [5.74, 6) is 1.23. The third-order valence-electron chi connectivity index (χ3n) is 6.24. The van der Waals surface area contributed by atoms with E-state index in [-0.39, 0.29) is 11.5 Å². The minimum Gasteiger partial charge on any atom is -0.507 e. The van der Waals surface area contributed by atoms with E-state index in [0.29, 0.717) is 20.2 Å². The van der Waals surface area contributed by atoms with Crippen molar-refractivity contribution in [3.8, 4) is 5.75 Å². The third-order valence-corrected chi connectivity index (χ3v) is 7.65. The number of phenolic OH excluding ortho intramolecular Hbond substituents is 1. The van der Waals surface area contributed by atoms with Crippen molar-refractivity contribution in [3.63, 3.8) is 0 Å². The van der Waals surface area contributed by atoms with Gasteiger partial charge in [-0.3, -0.25) is 0 Å². The number of aromatic hydroxyl groups is 1. The van der Waals surface area contributed by atoms with E-state index in [9.17, 15) is 5.11 Å². The first-order valence-corrected chi connectivity index (χ1v) is 13.0. The van der Waals surface area contributed by atoms with Crippen molar-refractivity contribution in [2.24, 2.45) is 5.92 Å². The number of nitrogens with one attached hydrogen (secondary N) is 1. The van der Waals surface area contributed by atoms with Crippen molar-refractivity contribution in [1.82, 2.24) is 5.32 Å². The van der Waals surface area contributed by atoms with E-state index >= 15 is 0 Å². The normalized spacial score (nSPS) is 20.2. The molecule has 2 nitrogen and oxygen atoms in total. The van der Waals surface area contributed by atoms with Gasteiger partial charge in [0.1, 0.15) is 5.75 Å². The number of rotatable bonds is 7. The fourth-order valence-corrected chi connectivity index (χ4v) is 5.74. The van der Waals surface area contributed by atoms with Crippen LogP contribution in [0.2, 0.25) is 0 Å². The van der Waals surface area contributed by atoms with Gasteiger partial charge < -0.3 is 10.4 Å². The molecule has 2 aromatic carbocycles. The van der Waals surface area contributed by atoms with Crippen LogP contribution in [0.5, 0.6) is 5.75 Å². The maximum Gasteiger partial charge on any atom is 0.127 e. The van der Waals surface area contributed by atoms with Crippen LogP contribution in [-0.2, 0) is 13.0 Å². The molecule has 2 aromatic rings. The van der Waals surface area contributed by atoms with Crippen LogP contribution >= 0.6 is 8.58 Å². The average molecular weight is 458 g/mol. The molecule has 2 aliphatic carbocycles. The molecule has 2 N–H and O–H groups in total. The van der Waals surface area contributed by atoms with Gasteiger partial charge >= 0.3 is 0 Å². The molecule has 0 aromatic heterocycles. The van der Waals surface area contributed by atoms with Gasteiger partial charge in [-0.15, -0.1) is 0 Å². The van der Waals surface area contributed by atoms with E-state index in [2.05, 4.69) is 111 Å². The highest BCUT2D eigenvalue weighted by Crippen LogP contribution is 2.35. The number of allylic oxidation sites excluding steroid dienone is 8. The Kier molecular flexibility index (Phi) is 7.68. The molecular weight excluding hydrogens is 421 g/mol. The molecule has 0 spiro atoms. The number of benzene rings is 2. The van der Waals surface area contributed by atoms with Gasteiger partial charge in [0.2, 0.25) is 0 Å². The quantitative estimate of drug-likeness (QED) is 0.486. The van der Waals surface area contributed by atoms with Crippen LogP contribution in [0, 0.1) is 5.92 Å². The molecule has 0 heterocycles. The monoisotopic (exact) mass is 457 g/mol. The van der Waals surface area contributed by atoms with Crippen LogP contribution in [0.3, 0.4) is 0 Å². The average Bonchev–Trinajstić information content (AvgIpc) is 2.81. The van der Waals surface area contributed by atoms with Gasteiger partial charge in [-0.2, -0.15) is 0 Å². The summed E-state index contributed by atoms with van der Waals surface area (Å²) in [6.45, 7) is 7.41. The molecule has 0 radical (unpaired) electrons. The smallest absolute Gasteiger partial charge is 0.127 e. The van der Waals surface area contributed by atoms with Crippen molar-refractivity contribution in [3.05, 3.63) is 102 Å². The number of hydrogen-bond donors (Lipinski definition) is 2. The Morgan fingerprint density at radius 1 is 0.939 bits per heavy atom. The third kappa shape index (κ3) is 6.56. The predicted molar refractivity (Wildman–Crippen MR) is 144 cm³/mol. The highest BCUT2D eigenvalue weighted by Gasteiger charge is 2.20. The molecule has 3 unspecified atom stereocenters. The summed E-state index contributed by atoms with van der Waals surface area (Å²) < 4.78 is 0. The molecule has 33 heavy (non-hydrogen) atoms. The van der Waals surface area contributed by atoms with Gasteiger partial charge in [-0.1, -0.05) is 87.5 Å². The van der Waals surface area contributed by atoms with Gasteiger partial charge in [0.15, 0.2) is 0 Å². The Morgan fingerprint density at radius 2 is 1.70 bits per heavy atom. The molecule has 172 valence electrons. The van der Waals surface area contributed by atoms with E-state index in [4.69, 9.17) is 0 Å². The predicted octanol–water partition coefficient (Wildman–Crippen LogP) is 6.18. The fourth-order valence-electron chi connectivity index (χ4n) is 4.41. The Hall–Kier alpha value is -2.41. The first-order chi connectivity index (χ1) is 15.9. The standard InChI is InChI=1S/C30H36NOP/c1-30(2,3)31-21-25-16-10-11-17-27(25)33-28-20-23(18-22-12-6-4-7-13-22)19-26(29(28)32)24-14-8-5-9-15-24/h4-12,14,16-17,19-20,22,24,31-33H,13,15,18,21H2,1-3H3. The molecule has 4 rings (SSSR count). The lowest BCUT2D eigenvalue weighted by Crippen LogP contribution is -2.36. The van der Waals surface area contributed by atoms with Crippen LogP contribution in [0.4, 0.5) is 0 Å². The number of hydrogen-bond acceptors (Lipinski definition) is 2. The summed E-state index contributed by atoms with van der Waals surface area (Å²) in [6.07, 6.45) is 20.5. The molecule has 3 heteroatoms. The van der Waals surface area contributed by atoms with Crippen molar-refractivity contribution in [2.75, 3.05) is 0 Å². The van der Waals surface area contributed by atoms with Crippen molar-refractivity contribution >= 4 is 19.2 Å². The van der Waals surface area contributed by atoms with Crippen molar-refractivity contribution < 1.29 is 5.11 Å². The van der Waals surface area contributed by atoms with Gasteiger partial charge in [0.25, 0.3) is 0 Å². The van der Waals surface area contributed by atoms with Gasteiger partial charge in [-0.25, -0.2) is 0 Å². The Morgan fingerprint density at radius 3 is 2.39 bits per heavy atom. The van der Waals surface area contributed by atoms with Crippen LogP contribution in [0.15, 0.2) is 85.0 Å². The van der Waals surface area contributed by atoms with E-state index in [1.54, 1.807) is 0 Å². The second-order valence-electron chi connectivity index (χ2n) is 10.1. The van der Waals surface area contributed by atoms with Crippen LogP contribution in [0.25, 0.3) is 0 Å². The summed E-state index contributed by atoms with van der Waals surface area (Å²) in [5, 5.41) is 17.4. The Labute approximate surface area is 201 Å². The Bertz CT molecular complexity index is 1090. The minimum absolute atomic E-state index is 0.0637. The maximum atomic E-state index is 11.4. The van der Waals surface area contributed by atoms with Gasteiger partial charge in [0, 0.05) is 28.9 Å². The topological polar surface area (TPSA) is 32.3 Å². The van der Waals surface area contributed by atoms with Crippen LogP contribution in [0.1, 0.15) is 56.2 Å². The first kappa shape index (κ1) is 23.7. The second kappa shape index (κ2) is 10.7. The molecule has 0 bridgehead atoms. The van der Waals surface area contributed by atoms with E-state index < -0.39 is 0 Å². The lowest BCUT2D eigenvalue weighted by molar-refractivity contribution is 0.425. The van der Waals surface area contributed by atoms with Gasteiger partial charge in [0.05, 0.1) is 0 Å². The molecule has 0 amide bonds. The molecular formula is C30H36NOP.